The van der Waals surface area contributed by atoms with Gasteiger partial charge in [0, 0.05) is 11.8 Å². The third-order valence-corrected chi connectivity index (χ3v) is 2.65. The van der Waals surface area contributed by atoms with Gasteiger partial charge in [0.15, 0.2) is 6.61 Å². The molecule has 1 amide bonds. The van der Waals surface area contributed by atoms with Gasteiger partial charge in [0.25, 0.3) is 0 Å². The van der Waals surface area contributed by atoms with Crippen molar-refractivity contribution in [2.75, 3.05) is 19.0 Å². The number of nitrogens with one attached hydrogen (secondary N) is 1. The summed E-state index contributed by atoms with van der Waals surface area (Å²) >= 11 is 0. The molecule has 2 rings (SSSR count). The number of benzene rings is 1. The van der Waals surface area contributed by atoms with Crippen LogP contribution in [0.2, 0.25) is 0 Å². The molecular formula is C16H15NO5. The van der Waals surface area contributed by atoms with Crippen molar-refractivity contribution in [2.45, 2.75) is 0 Å². The number of ether oxygens (including phenoxy) is 2. The third kappa shape index (κ3) is 4.82. The van der Waals surface area contributed by atoms with Crippen molar-refractivity contribution >= 4 is 23.6 Å². The predicted octanol–water partition coefficient (Wildman–Crippen LogP) is 2.48. The maximum absolute atomic E-state index is 11.7. The third-order valence-electron chi connectivity index (χ3n) is 2.65. The Morgan fingerprint density at radius 2 is 2.00 bits per heavy atom. The van der Waals surface area contributed by atoms with Crippen molar-refractivity contribution in [3.8, 4) is 5.75 Å². The van der Waals surface area contributed by atoms with Gasteiger partial charge >= 0.3 is 5.97 Å². The van der Waals surface area contributed by atoms with E-state index in [4.69, 9.17) is 9.15 Å². The number of amides is 1. The van der Waals surface area contributed by atoms with Gasteiger partial charge in [0.1, 0.15) is 11.5 Å². The molecule has 0 aliphatic carbocycles. The second kappa shape index (κ2) is 7.68. The largest absolute Gasteiger partial charge is 0.482 e. The van der Waals surface area contributed by atoms with Gasteiger partial charge in [0.2, 0.25) is 5.91 Å². The summed E-state index contributed by atoms with van der Waals surface area (Å²) in [6.45, 7) is -0.159. The van der Waals surface area contributed by atoms with Crippen LogP contribution < -0.4 is 10.1 Å². The zero-order chi connectivity index (χ0) is 15.8. The lowest BCUT2D eigenvalue weighted by atomic mass is 10.3. The molecule has 0 radical (unpaired) electrons. The first-order valence-corrected chi connectivity index (χ1v) is 6.49. The number of anilines is 1. The Balaban J connectivity index is 1.85. The van der Waals surface area contributed by atoms with Gasteiger partial charge in [-0.1, -0.05) is 0 Å². The van der Waals surface area contributed by atoms with Crippen molar-refractivity contribution in [2.24, 2.45) is 0 Å². The molecule has 2 aromatic rings. The molecule has 6 nitrogen and oxygen atoms in total. The van der Waals surface area contributed by atoms with Crippen molar-refractivity contribution in [1.82, 2.24) is 0 Å². The van der Waals surface area contributed by atoms with Gasteiger partial charge in [0.05, 0.1) is 13.4 Å². The van der Waals surface area contributed by atoms with Gasteiger partial charge in [-0.25, -0.2) is 4.79 Å². The molecule has 0 bridgehead atoms. The normalized spacial score (nSPS) is 10.4. The fourth-order valence-electron chi connectivity index (χ4n) is 1.56. The number of rotatable bonds is 6. The van der Waals surface area contributed by atoms with Gasteiger partial charge in [-0.3, -0.25) is 4.79 Å². The van der Waals surface area contributed by atoms with Crippen LogP contribution in [-0.2, 0) is 14.3 Å². The summed E-state index contributed by atoms with van der Waals surface area (Å²) in [5.41, 5.74) is 0.611. The number of carbonyl (C=O) groups is 2. The molecule has 0 aliphatic heterocycles. The molecule has 0 fully saturated rings. The molecule has 1 aromatic carbocycles. The molecule has 6 heteroatoms. The highest BCUT2D eigenvalue weighted by Crippen LogP contribution is 2.15. The Bertz CT molecular complexity index is 644. The molecule has 0 aliphatic rings. The Morgan fingerprint density at radius 1 is 1.23 bits per heavy atom. The van der Waals surface area contributed by atoms with E-state index < -0.39 is 5.97 Å². The zero-order valence-corrected chi connectivity index (χ0v) is 11.9. The van der Waals surface area contributed by atoms with Crippen molar-refractivity contribution in [3.63, 3.8) is 0 Å². The predicted molar refractivity (Wildman–Crippen MR) is 80.3 cm³/mol. The number of methoxy groups -OCH3 is 1. The van der Waals surface area contributed by atoms with Crippen LogP contribution in [0.25, 0.3) is 6.08 Å². The van der Waals surface area contributed by atoms with Gasteiger partial charge in [-0.15, -0.1) is 0 Å². The van der Waals surface area contributed by atoms with E-state index in [1.807, 2.05) is 0 Å². The standard InChI is InChI=1S/C16H15NO5/c1-20-16(19)11-22-14-6-4-12(5-7-14)17-15(18)9-8-13-3-2-10-21-13/h2-10H,11H2,1H3,(H,17,18)/b9-8+. The van der Waals surface area contributed by atoms with Crippen LogP contribution in [0, 0.1) is 0 Å². The summed E-state index contributed by atoms with van der Waals surface area (Å²) in [4.78, 5) is 22.7. The van der Waals surface area contributed by atoms with Crippen LogP contribution >= 0.6 is 0 Å². The SMILES string of the molecule is COC(=O)COc1ccc(NC(=O)/C=C/c2ccco2)cc1. The quantitative estimate of drug-likeness (QED) is 0.655. The first-order valence-electron chi connectivity index (χ1n) is 6.49. The average molecular weight is 301 g/mol. The fraction of sp³-hybridized carbons (Fsp3) is 0.125. The molecule has 114 valence electrons. The fourth-order valence-corrected chi connectivity index (χ4v) is 1.56. The molecule has 0 saturated heterocycles. The van der Waals surface area contributed by atoms with Crippen LogP contribution in [-0.4, -0.2) is 25.6 Å². The van der Waals surface area contributed by atoms with E-state index in [2.05, 4.69) is 10.1 Å². The number of carbonyl (C=O) groups excluding carboxylic acids is 2. The summed E-state index contributed by atoms with van der Waals surface area (Å²) in [6.07, 6.45) is 4.48. The lowest BCUT2D eigenvalue weighted by molar-refractivity contribution is -0.142. The molecule has 1 N–H and O–H groups in total. The van der Waals surface area contributed by atoms with E-state index in [0.29, 0.717) is 17.2 Å². The monoisotopic (exact) mass is 301 g/mol. The van der Waals surface area contributed by atoms with Crippen LogP contribution in [0.3, 0.4) is 0 Å². The average Bonchev–Trinajstić information content (AvgIpc) is 3.05. The van der Waals surface area contributed by atoms with E-state index >= 15 is 0 Å². The van der Waals surface area contributed by atoms with E-state index in [0.717, 1.165) is 0 Å². The molecule has 22 heavy (non-hydrogen) atoms. The minimum atomic E-state index is -0.458. The zero-order valence-electron chi connectivity index (χ0n) is 11.9. The van der Waals surface area contributed by atoms with Crippen LogP contribution in [0.5, 0.6) is 5.75 Å². The number of furan rings is 1. The summed E-state index contributed by atoms with van der Waals surface area (Å²) < 4.78 is 14.8. The summed E-state index contributed by atoms with van der Waals surface area (Å²) in [5, 5.41) is 2.69. The van der Waals surface area contributed by atoms with Crippen molar-refractivity contribution in [1.29, 1.82) is 0 Å². The molecule has 0 unspecified atom stereocenters. The van der Waals surface area contributed by atoms with E-state index in [9.17, 15) is 9.59 Å². The maximum atomic E-state index is 11.7. The summed E-state index contributed by atoms with van der Waals surface area (Å²) in [5.74, 6) is 0.372. The highest BCUT2D eigenvalue weighted by molar-refractivity contribution is 6.01. The van der Waals surface area contributed by atoms with Crippen LogP contribution in [0.15, 0.2) is 53.2 Å². The van der Waals surface area contributed by atoms with Gasteiger partial charge < -0.3 is 19.2 Å². The minimum Gasteiger partial charge on any atom is -0.482 e. The molecule has 0 atom stereocenters. The number of esters is 1. The summed E-state index contributed by atoms with van der Waals surface area (Å²) in [6, 6.07) is 10.1. The van der Waals surface area contributed by atoms with E-state index in [1.54, 1.807) is 42.5 Å². The lowest BCUT2D eigenvalue weighted by Crippen LogP contribution is -2.12. The number of hydrogen-bond donors (Lipinski definition) is 1. The smallest absolute Gasteiger partial charge is 0.343 e. The molecule has 0 saturated carbocycles. The molecule has 1 aromatic heterocycles. The first-order chi connectivity index (χ1) is 10.7. The lowest BCUT2D eigenvalue weighted by Gasteiger charge is -2.06. The van der Waals surface area contributed by atoms with E-state index in [-0.39, 0.29) is 12.5 Å². The Morgan fingerprint density at radius 3 is 2.64 bits per heavy atom. The van der Waals surface area contributed by atoms with Gasteiger partial charge in [-0.2, -0.15) is 0 Å². The second-order valence-electron chi connectivity index (χ2n) is 4.23. The molecular weight excluding hydrogens is 286 g/mol. The minimum absolute atomic E-state index is 0.159. The topological polar surface area (TPSA) is 77.8 Å². The van der Waals surface area contributed by atoms with Gasteiger partial charge in [-0.05, 0) is 42.5 Å². The first kappa shape index (κ1) is 15.4. The maximum Gasteiger partial charge on any atom is 0.343 e. The Labute approximate surface area is 127 Å². The Kier molecular flexibility index (Phi) is 5.37. The van der Waals surface area contributed by atoms with Crippen molar-refractivity contribution < 1.29 is 23.5 Å². The van der Waals surface area contributed by atoms with Crippen LogP contribution in [0.4, 0.5) is 5.69 Å². The highest BCUT2D eigenvalue weighted by Gasteiger charge is 2.03. The van der Waals surface area contributed by atoms with E-state index in [1.165, 1.54) is 19.4 Å². The van der Waals surface area contributed by atoms with Crippen LogP contribution in [0.1, 0.15) is 5.76 Å². The molecule has 0 spiro atoms. The highest BCUT2D eigenvalue weighted by atomic mass is 16.6. The summed E-state index contributed by atoms with van der Waals surface area (Å²) in [7, 11) is 1.29. The Hall–Kier alpha value is -3.02. The van der Waals surface area contributed by atoms with Crippen molar-refractivity contribution in [3.05, 3.63) is 54.5 Å². The number of hydrogen-bond acceptors (Lipinski definition) is 5. The molecule has 1 heterocycles. The second-order valence-corrected chi connectivity index (χ2v) is 4.23.